The second kappa shape index (κ2) is 88.4. The number of ether oxygens (including phenoxy) is 1. The standard InChI is InChI=1S/C4H10NO.3C3H7.2CH4.2Y/c1-3-6-4-5-2;3*1-3-2;;;;/h5H,1,3-4H2,2H3;2*3H,1-2H3;1,3H2,2H3;2*1H4;;/q4*-1;;;;. The molecule has 0 aromatic carbocycles. The Bertz CT molecular complexity index is 50.7. The van der Waals surface area contributed by atoms with E-state index in [1.54, 1.807) is 0 Å². The minimum absolute atomic E-state index is 0. The molecule has 2 nitrogen and oxygen atoms in total. The molecule has 0 bridgehead atoms. The first-order valence-corrected chi connectivity index (χ1v) is 5.45. The van der Waals surface area contributed by atoms with Gasteiger partial charge in [-0.1, -0.05) is 28.4 Å². The predicted octanol–water partition coefficient (Wildman–Crippen LogP) is 4.97. The summed E-state index contributed by atoms with van der Waals surface area (Å²) in [6, 6.07) is 0. The summed E-state index contributed by atoms with van der Waals surface area (Å²) in [5, 5.41) is 2.81. The summed E-state index contributed by atoms with van der Waals surface area (Å²) in [6.45, 7) is 18.1. The monoisotopic (exact) mass is 427 g/mol. The Balaban J connectivity index is -0.0000000139. The molecule has 120 valence electrons. The molecule has 0 aromatic heterocycles. The van der Waals surface area contributed by atoms with Crippen molar-refractivity contribution >= 4 is 0 Å². The summed E-state index contributed by atoms with van der Waals surface area (Å²) in [6.07, 6.45) is 5.00. The third-order valence-electron chi connectivity index (χ3n) is 0.391. The molecule has 0 saturated carbocycles. The number of hydrogen-bond donors (Lipinski definition) is 1. The van der Waals surface area contributed by atoms with Gasteiger partial charge in [0.15, 0.2) is 0 Å². The van der Waals surface area contributed by atoms with E-state index in [0.29, 0.717) is 13.3 Å². The van der Waals surface area contributed by atoms with Crippen LogP contribution in [0.4, 0.5) is 0 Å². The van der Waals surface area contributed by atoms with Gasteiger partial charge < -0.3 is 31.4 Å². The molecule has 0 atom stereocenters. The molecule has 19 heavy (non-hydrogen) atoms. The van der Waals surface area contributed by atoms with Gasteiger partial charge in [-0.05, 0) is 7.05 Å². The molecule has 1 N–H and O–H groups in total. The zero-order valence-electron chi connectivity index (χ0n) is 12.8. The molecule has 0 rings (SSSR count). The van der Waals surface area contributed by atoms with E-state index >= 15 is 0 Å². The van der Waals surface area contributed by atoms with E-state index in [0.717, 1.165) is 6.42 Å². The van der Waals surface area contributed by atoms with Crippen LogP contribution in [0.5, 0.6) is 0 Å². The van der Waals surface area contributed by atoms with Crippen molar-refractivity contribution < 1.29 is 70.2 Å². The van der Waals surface area contributed by atoms with Crippen molar-refractivity contribution in [1.82, 2.24) is 5.32 Å². The van der Waals surface area contributed by atoms with Crippen LogP contribution in [0.2, 0.25) is 0 Å². The molecule has 0 aromatic rings. The normalized spacial score (nSPS) is 5.68. The topological polar surface area (TPSA) is 21.3 Å². The van der Waals surface area contributed by atoms with Crippen molar-refractivity contribution in [3.8, 4) is 0 Å². The second-order valence-electron chi connectivity index (χ2n) is 2.56. The number of rotatable bonds is 3. The number of nitrogens with one attached hydrogen (secondary N) is 1. The third kappa shape index (κ3) is 252. The maximum Gasteiger partial charge on any atom is 0.0926 e. The molecule has 0 unspecified atom stereocenters. The molecule has 0 aliphatic heterocycles. The van der Waals surface area contributed by atoms with Crippen molar-refractivity contribution in [2.75, 3.05) is 20.4 Å². The van der Waals surface area contributed by atoms with Crippen LogP contribution in [0.25, 0.3) is 0 Å². The average molecular weight is 427 g/mol. The van der Waals surface area contributed by atoms with Gasteiger partial charge in [-0.25, -0.2) is 0 Å². The summed E-state index contributed by atoms with van der Waals surface area (Å²) in [4.78, 5) is 0. The Morgan fingerprint density at radius 2 is 1.16 bits per heavy atom. The van der Waals surface area contributed by atoms with Crippen LogP contribution >= 0.6 is 0 Å². The van der Waals surface area contributed by atoms with Gasteiger partial charge in [-0.15, -0.1) is 0 Å². The first kappa shape index (κ1) is 49.7. The largest absolute Gasteiger partial charge is 0.398 e. The van der Waals surface area contributed by atoms with Crippen molar-refractivity contribution in [3.05, 3.63) is 26.7 Å². The fourth-order valence-electron chi connectivity index (χ4n) is 0.174. The quantitative estimate of drug-likeness (QED) is 0.390. The summed E-state index contributed by atoms with van der Waals surface area (Å²) in [7, 11) is 1.83. The maximum atomic E-state index is 4.76. The van der Waals surface area contributed by atoms with Gasteiger partial charge in [0, 0.05) is 65.4 Å². The Kier molecular flexibility index (Phi) is 231. The molecule has 0 spiro atoms. The van der Waals surface area contributed by atoms with E-state index < -0.39 is 0 Å². The SMILES string of the molecule is C.C.C[CH-]C.C[CH-]C.[CH2-]CC.[CH2-]COCNC.[Y].[Y]. The predicted molar refractivity (Wildman–Crippen MR) is 85.6 cm³/mol. The van der Waals surface area contributed by atoms with Crippen LogP contribution in [-0.2, 0) is 70.2 Å². The van der Waals surface area contributed by atoms with Crippen LogP contribution < -0.4 is 5.32 Å². The van der Waals surface area contributed by atoms with E-state index in [2.05, 4.69) is 19.2 Å². The third-order valence-corrected chi connectivity index (χ3v) is 0.391. The Morgan fingerprint density at radius 1 is 0.947 bits per heavy atom. The molecule has 2 radical (unpaired) electrons. The zero-order valence-corrected chi connectivity index (χ0v) is 18.4. The molecular formula is C15H39NOY2-4. The molecule has 0 saturated heterocycles. The average Bonchev–Trinajstić information content (AvgIpc) is 2.18. The molecule has 0 heterocycles. The minimum Gasteiger partial charge on any atom is -0.398 e. The fourth-order valence-corrected chi connectivity index (χ4v) is 0.174. The fraction of sp³-hybridized carbons (Fsp3) is 0.733. The first-order valence-electron chi connectivity index (χ1n) is 5.45. The van der Waals surface area contributed by atoms with Crippen LogP contribution in [0.3, 0.4) is 0 Å². The smallest absolute Gasteiger partial charge is 0.0926 e. The van der Waals surface area contributed by atoms with Crippen molar-refractivity contribution in [1.29, 1.82) is 0 Å². The van der Waals surface area contributed by atoms with E-state index in [4.69, 9.17) is 4.74 Å². The molecule has 0 aliphatic carbocycles. The molecule has 4 heteroatoms. The van der Waals surface area contributed by atoms with Gasteiger partial charge in [-0.3, -0.25) is 5.32 Å². The zero-order chi connectivity index (χ0) is 12.9. The Morgan fingerprint density at radius 3 is 1.21 bits per heavy atom. The van der Waals surface area contributed by atoms with Crippen molar-refractivity contribution in [2.24, 2.45) is 0 Å². The van der Waals surface area contributed by atoms with E-state index in [9.17, 15) is 0 Å². The van der Waals surface area contributed by atoms with Gasteiger partial charge in [0.05, 0.1) is 6.73 Å². The van der Waals surface area contributed by atoms with Crippen molar-refractivity contribution in [3.63, 3.8) is 0 Å². The second-order valence-corrected chi connectivity index (χ2v) is 2.56. The molecule has 0 aliphatic rings. The van der Waals surface area contributed by atoms with Crippen LogP contribution in [0.1, 0.15) is 55.9 Å². The van der Waals surface area contributed by atoms with Gasteiger partial charge in [-0.2, -0.15) is 34.1 Å². The first-order chi connectivity index (χ1) is 7.16. The van der Waals surface area contributed by atoms with Crippen LogP contribution in [-0.4, -0.2) is 20.4 Å². The molecule has 0 amide bonds. The molecule has 0 fully saturated rings. The summed E-state index contributed by atoms with van der Waals surface area (Å²) in [5.41, 5.74) is 0. The Hall–Kier alpha value is 2.13. The van der Waals surface area contributed by atoms with Crippen molar-refractivity contribution in [2.45, 2.75) is 55.9 Å². The van der Waals surface area contributed by atoms with Gasteiger partial charge >= 0.3 is 0 Å². The van der Waals surface area contributed by atoms with E-state index in [1.165, 1.54) is 0 Å². The van der Waals surface area contributed by atoms with Crippen LogP contribution in [0.15, 0.2) is 0 Å². The van der Waals surface area contributed by atoms with Gasteiger partial charge in [0.25, 0.3) is 0 Å². The minimum atomic E-state index is 0. The number of hydrogen-bond acceptors (Lipinski definition) is 2. The van der Waals surface area contributed by atoms with Gasteiger partial charge in [0.2, 0.25) is 0 Å². The summed E-state index contributed by atoms with van der Waals surface area (Å²) in [5.74, 6) is 0. The van der Waals surface area contributed by atoms with E-state index in [1.807, 2.05) is 54.5 Å². The van der Waals surface area contributed by atoms with Gasteiger partial charge in [0.1, 0.15) is 0 Å². The van der Waals surface area contributed by atoms with E-state index in [-0.39, 0.29) is 80.3 Å². The molecular weight excluding hydrogens is 388 g/mol. The summed E-state index contributed by atoms with van der Waals surface area (Å²) >= 11 is 0. The maximum absolute atomic E-state index is 4.76. The summed E-state index contributed by atoms with van der Waals surface area (Å²) < 4.78 is 4.76. The Labute approximate surface area is 176 Å². The van der Waals surface area contributed by atoms with Crippen LogP contribution in [0, 0.1) is 26.7 Å².